The van der Waals surface area contributed by atoms with Gasteiger partial charge in [0, 0.05) is 30.6 Å². The molecule has 2 aliphatic rings. The lowest BCUT2D eigenvalue weighted by molar-refractivity contribution is -0.122. The van der Waals surface area contributed by atoms with Gasteiger partial charge in [-0.3, -0.25) is 4.79 Å². The second kappa shape index (κ2) is 7.72. The lowest BCUT2D eigenvalue weighted by Gasteiger charge is -2.40. The molecule has 0 saturated carbocycles. The Morgan fingerprint density at radius 1 is 1.36 bits per heavy atom. The molecule has 3 rings (SSSR count). The van der Waals surface area contributed by atoms with Gasteiger partial charge in [0.1, 0.15) is 0 Å². The maximum atomic E-state index is 12.2. The molecule has 1 amide bonds. The maximum Gasteiger partial charge on any atom is 0.226 e. The third-order valence-corrected chi connectivity index (χ3v) is 6.56. The first-order valence-electron chi connectivity index (χ1n) is 9.48. The number of piperidine rings is 1. The van der Waals surface area contributed by atoms with Crippen LogP contribution in [0, 0.1) is 13.8 Å². The first kappa shape index (κ1) is 18.8. The van der Waals surface area contributed by atoms with Gasteiger partial charge in [-0.25, -0.2) is 4.98 Å². The van der Waals surface area contributed by atoms with Crippen LogP contribution < -0.4 is 5.32 Å². The third-order valence-electron chi connectivity index (χ3n) is 5.63. The van der Waals surface area contributed by atoms with Crippen LogP contribution in [-0.2, 0) is 16.0 Å². The summed E-state index contributed by atoms with van der Waals surface area (Å²) in [5.74, 6) is 0.0487. The van der Waals surface area contributed by atoms with E-state index in [9.17, 15) is 4.79 Å². The first-order valence-corrected chi connectivity index (χ1v) is 10.3. The summed E-state index contributed by atoms with van der Waals surface area (Å²) >= 11 is 1.65. The van der Waals surface area contributed by atoms with Crippen molar-refractivity contribution in [1.29, 1.82) is 0 Å². The molecule has 1 aromatic heterocycles. The molecular weight excluding hydrogens is 334 g/mol. The van der Waals surface area contributed by atoms with Crippen LogP contribution in [0.4, 0.5) is 0 Å². The number of likely N-dealkylation sites (tertiary alicyclic amines) is 1. The quantitative estimate of drug-likeness (QED) is 0.872. The Morgan fingerprint density at radius 3 is 2.68 bits per heavy atom. The minimum atomic E-state index is 0.0487. The number of carbonyl (C=O) groups is 1. The molecule has 25 heavy (non-hydrogen) atoms. The van der Waals surface area contributed by atoms with Gasteiger partial charge in [-0.15, -0.1) is 11.3 Å². The van der Waals surface area contributed by atoms with Crippen LogP contribution in [0.3, 0.4) is 0 Å². The highest BCUT2D eigenvalue weighted by atomic mass is 32.1. The Kier molecular flexibility index (Phi) is 5.81. The van der Waals surface area contributed by atoms with Crippen LogP contribution in [0.5, 0.6) is 0 Å². The molecule has 0 radical (unpaired) electrons. The number of nitrogens with zero attached hydrogens (tertiary/aromatic N) is 2. The van der Waals surface area contributed by atoms with Crippen molar-refractivity contribution in [2.45, 2.75) is 77.5 Å². The van der Waals surface area contributed by atoms with E-state index in [0.717, 1.165) is 54.4 Å². The van der Waals surface area contributed by atoms with Gasteiger partial charge in [0.05, 0.1) is 28.8 Å². The molecule has 2 aliphatic heterocycles. The van der Waals surface area contributed by atoms with Crippen LogP contribution in [0.25, 0.3) is 0 Å². The van der Waals surface area contributed by atoms with Crippen LogP contribution in [0.2, 0.25) is 0 Å². The molecular formula is C19H31N3O2S. The average molecular weight is 366 g/mol. The van der Waals surface area contributed by atoms with Crippen molar-refractivity contribution in [2.75, 3.05) is 19.6 Å². The summed E-state index contributed by atoms with van der Waals surface area (Å²) in [7, 11) is 0. The van der Waals surface area contributed by atoms with Crippen LogP contribution in [0.1, 0.15) is 55.1 Å². The van der Waals surface area contributed by atoms with Crippen molar-refractivity contribution in [3.8, 4) is 0 Å². The fourth-order valence-corrected chi connectivity index (χ4v) is 4.87. The molecule has 1 aromatic rings. The van der Waals surface area contributed by atoms with Gasteiger partial charge in [-0.05, 0) is 53.4 Å². The van der Waals surface area contributed by atoms with E-state index in [1.165, 1.54) is 0 Å². The Labute approximate surface area is 155 Å². The van der Waals surface area contributed by atoms with Crippen LogP contribution in [0.15, 0.2) is 0 Å². The molecule has 2 saturated heterocycles. The lowest BCUT2D eigenvalue weighted by atomic mass is 9.88. The zero-order valence-electron chi connectivity index (χ0n) is 15.9. The van der Waals surface area contributed by atoms with E-state index in [4.69, 9.17) is 4.74 Å². The van der Waals surface area contributed by atoms with E-state index in [0.29, 0.717) is 19.0 Å². The van der Waals surface area contributed by atoms with Crippen LogP contribution >= 0.6 is 11.3 Å². The molecule has 1 N–H and O–H groups in total. The SMILES string of the molecule is Cc1nc(CC(=O)NC[C@@H]2CCC3(CCN(C(C)C)CC3)O2)c(C)s1. The van der Waals surface area contributed by atoms with Crippen molar-refractivity contribution in [2.24, 2.45) is 0 Å². The number of nitrogens with one attached hydrogen (secondary N) is 1. The molecule has 6 heteroatoms. The Morgan fingerprint density at radius 2 is 2.08 bits per heavy atom. The molecule has 5 nitrogen and oxygen atoms in total. The standard InChI is InChI=1S/C19H31N3O2S/c1-13(2)22-9-7-19(8-10-22)6-5-16(24-19)12-20-18(23)11-17-14(3)25-15(4)21-17/h13,16H,5-12H2,1-4H3,(H,20,23)/t16-/m0/s1. The molecule has 2 fully saturated rings. The summed E-state index contributed by atoms with van der Waals surface area (Å²) in [6, 6.07) is 0.617. The fraction of sp³-hybridized carbons (Fsp3) is 0.789. The van der Waals surface area contributed by atoms with E-state index >= 15 is 0 Å². The number of thiazole rings is 1. The Balaban J connectivity index is 1.43. The van der Waals surface area contributed by atoms with Crippen LogP contribution in [-0.4, -0.2) is 53.2 Å². The fourth-order valence-electron chi connectivity index (χ4n) is 4.03. The van der Waals surface area contributed by atoms with Gasteiger partial charge >= 0.3 is 0 Å². The summed E-state index contributed by atoms with van der Waals surface area (Å²) in [6.07, 6.45) is 4.95. The predicted molar refractivity (Wildman–Crippen MR) is 101 cm³/mol. The molecule has 1 atom stereocenters. The monoisotopic (exact) mass is 365 g/mol. The van der Waals surface area contributed by atoms with Gasteiger partial charge in [0.15, 0.2) is 0 Å². The van der Waals surface area contributed by atoms with Gasteiger partial charge in [-0.2, -0.15) is 0 Å². The smallest absolute Gasteiger partial charge is 0.226 e. The predicted octanol–water partition coefficient (Wildman–Crippen LogP) is 2.84. The van der Waals surface area contributed by atoms with E-state index < -0.39 is 0 Å². The molecule has 0 aromatic carbocycles. The number of ether oxygens (including phenoxy) is 1. The highest BCUT2D eigenvalue weighted by Gasteiger charge is 2.42. The number of amides is 1. The average Bonchev–Trinajstić information content (AvgIpc) is 3.09. The van der Waals surface area contributed by atoms with E-state index in [-0.39, 0.29) is 17.6 Å². The molecule has 1 spiro atoms. The second-order valence-corrected chi connectivity index (χ2v) is 9.22. The van der Waals surface area contributed by atoms with Crippen molar-refractivity contribution in [1.82, 2.24) is 15.2 Å². The molecule has 0 aliphatic carbocycles. The van der Waals surface area contributed by atoms with Crippen molar-refractivity contribution >= 4 is 17.2 Å². The van der Waals surface area contributed by atoms with Gasteiger partial charge < -0.3 is 15.0 Å². The molecule has 0 bridgehead atoms. The van der Waals surface area contributed by atoms with Crippen molar-refractivity contribution in [3.05, 3.63) is 15.6 Å². The van der Waals surface area contributed by atoms with Gasteiger partial charge in [-0.1, -0.05) is 0 Å². The topological polar surface area (TPSA) is 54.5 Å². The summed E-state index contributed by atoms with van der Waals surface area (Å²) < 4.78 is 6.39. The zero-order chi connectivity index (χ0) is 18.0. The number of rotatable bonds is 5. The first-order chi connectivity index (χ1) is 11.9. The Bertz CT molecular complexity index is 606. The number of carbonyl (C=O) groups excluding carboxylic acids is 1. The largest absolute Gasteiger partial charge is 0.370 e. The minimum Gasteiger partial charge on any atom is -0.370 e. The molecule has 3 heterocycles. The van der Waals surface area contributed by atoms with E-state index in [1.54, 1.807) is 11.3 Å². The third kappa shape index (κ3) is 4.60. The van der Waals surface area contributed by atoms with Gasteiger partial charge in [0.25, 0.3) is 0 Å². The molecule has 140 valence electrons. The van der Waals surface area contributed by atoms with Crippen molar-refractivity contribution in [3.63, 3.8) is 0 Å². The zero-order valence-corrected chi connectivity index (χ0v) is 16.7. The number of aromatic nitrogens is 1. The molecule has 0 unspecified atom stereocenters. The second-order valence-electron chi connectivity index (χ2n) is 7.81. The summed E-state index contributed by atoms with van der Waals surface area (Å²) in [4.78, 5) is 20.3. The lowest BCUT2D eigenvalue weighted by Crippen LogP contribution is -2.47. The van der Waals surface area contributed by atoms with E-state index in [1.807, 2.05) is 13.8 Å². The van der Waals surface area contributed by atoms with Gasteiger partial charge in [0.2, 0.25) is 5.91 Å². The highest BCUT2D eigenvalue weighted by molar-refractivity contribution is 7.11. The maximum absolute atomic E-state index is 12.2. The normalized spacial score (nSPS) is 23.5. The summed E-state index contributed by atoms with van der Waals surface area (Å²) in [5, 5.41) is 4.07. The highest BCUT2D eigenvalue weighted by Crippen LogP contribution is 2.39. The number of hydrogen-bond donors (Lipinski definition) is 1. The Hall–Kier alpha value is -0.980. The summed E-state index contributed by atoms with van der Waals surface area (Å²) in [5.41, 5.74) is 0.966. The summed E-state index contributed by atoms with van der Waals surface area (Å²) in [6.45, 7) is 11.4. The minimum absolute atomic E-state index is 0.0487. The number of aryl methyl sites for hydroxylation is 2. The van der Waals surface area contributed by atoms with Crippen molar-refractivity contribution < 1.29 is 9.53 Å². The number of hydrogen-bond acceptors (Lipinski definition) is 5. The van der Waals surface area contributed by atoms with E-state index in [2.05, 4.69) is 29.0 Å².